The highest BCUT2D eigenvalue weighted by atomic mass is 32.2. The van der Waals surface area contributed by atoms with E-state index in [0.29, 0.717) is 6.07 Å². The molecular weight excluding hydrogens is 327 g/mol. The smallest absolute Gasteiger partial charge is 0.387 e. The zero-order chi connectivity index (χ0) is 16.3. The van der Waals surface area contributed by atoms with E-state index < -0.39 is 38.7 Å². The molecule has 2 rings (SSSR count). The molecule has 1 aromatic carbocycles. The Morgan fingerprint density at radius 1 is 1.23 bits per heavy atom. The van der Waals surface area contributed by atoms with E-state index in [1.165, 1.54) is 0 Å². The van der Waals surface area contributed by atoms with Gasteiger partial charge in [-0.1, -0.05) is 0 Å². The monoisotopic (exact) mass is 335 g/mol. The molecule has 0 unspecified atom stereocenters. The van der Waals surface area contributed by atoms with Crippen LogP contribution >= 0.6 is 0 Å². The first kappa shape index (κ1) is 15.8. The van der Waals surface area contributed by atoms with Crippen LogP contribution in [0, 0.1) is 5.82 Å². The zero-order valence-electron chi connectivity index (χ0n) is 10.6. The lowest BCUT2D eigenvalue weighted by Gasteiger charge is -2.09. The number of nitrogens with zero attached hydrogens (tertiary/aromatic N) is 1. The van der Waals surface area contributed by atoms with Crippen molar-refractivity contribution < 1.29 is 26.3 Å². The third-order valence-corrected chi connectivity index (χ3v) is 3.70. The third kappa shape index (κ3) is 3.75. The third-order valence-electron chi connectivity index (χ3n) is 2.35. The number of hydrogen-bond donors (Lipinski definition) is 2. The highest BCUT2D eigenvalue weighted by Crippen LogP contribution is 2.23. The van der Waals surface area contributed by atoms with Crippen LogP contribution in [0.5, 0.6) is 5.75 Å². The molecule has 0 bridgehead atoms. The summed E-state index contributed by atoms with van der Waals surface area (Å²) in [6.07, 6.45) is 0. The van der Waals surface area contributed by atoms with Crippen molar-refractivity contribution in [2.45, 2.75) is 11.5 Å². The van der Waals surface area contributed by atoms with Crippen LogP contribution in [0.25, 0.3) is 0 Å². The van der Waals surface area contributed by atoms with Crippen LogP contribution in [0.15, 0.2) is 40.0 Å². The number of aromatic nitrogens is 2. The maximum atomic E-state index is 13.5. The van der Waals surface area contributed by atoms with E-state index in [9.17, 15) is 26.4 Å². The Labute approximate surface area is 121 Å². The molecule has 0 radical (unpaired) electrons. The predicted molar refractivity (Wildman–Crippen MR) is 68.7 cm³/mol. The van der Waals surface area contributed by atoms with E-state index in [0.717, 1.165) is 24.3 Å². The van der Waals surface area contributed by atoms with E-state index in [1.54, 1.807) is 0 Å². The lowest BCUT2D eigenvalue weighted by atomic mass is 10.3. The van der Waals surface area contributed by atoms with Crippen molar-refractivity contribution in [3.8, 4) is 5.75 Å². The number of hydrogen-bond acceptors (Lipinski definition) is 5. The van der Waals surface area contributed by atoms with E-state index in [4.69, 9.17) is 0 Å². The number of halogens is 3. The van der Waals surface area contributed by atoms with Gasteiger partial charge in [-0.2, -0.15) is 13.9 Å². The minimum atomic E-state index is -4.21. The molecule has 118 valence electrons. The van der Waals surface area contributed by atoms with Gasteiger partial charge in [0.15, 0.2) is 17.4 Å². The van der Waals surface area contributed by atoms with Crippen LogP contribution < -0.4 is 15.0 Å². The van der Waals surface area contributed by atoms with Gasteiger partial charge in [0.05, 0.1) is 4.90 Å². The fourth-order valence-corrected chi connectivity index (χ4v) is 2.45. The molecule has 1 heterocycles. The van der Waals surface area contributed by atoms with Gasteiger partial charge in [-0.25, -0.2) is 17.9 Å². The van der Waals surface area contributed by atoms with Crippen molar-refractivity contribution in [2.24, 2.45) is 0 Å². The second kappa shape index (κ2) is 6.05. The Morgan fingerprint density at radius 2 is 1.95 bits per heavy atom. The summed E-state index contributed by atoms with van der Waals surface area (Å²) in [5, 5.41) is 5.43. The molecule has 0 aliphatic carbocycles. The number of nitrogens with one attached hydrogen (secondary N) is 2. The Bertz CT molecular complexity index is 818. The van der Waals surface area contributed by atoms with Crippen molar-refractivity contribution in [3.05, 3.63) is 46.5 Å². The zero-order valence-corrected chi connectivity index (χ0v) is 11.4. The second-order valence-electron chi connectivity index (χ2n) is 3.88. The number of alkyl halides is 2. The van der Waals surface area contributed by atoms with Crippen LogP contribution in [0.2, 0.25) is 0 Å². The van der Waals surface area contributed by atoms with Crippen molar-refractivity contribution in [2.75, 3.05) is 4.72 Å². The Morgan fingerprint density at radius 3 is 2.50 bits per heavy atom. The number of aromatic amines is 1. The second-order valence-corrected chi connectivity index (χ2v) is 5.57. The van der Waals surface area contributed by atoms with Gasteiger partial charge in [-0.05, 0) is 24.3 Å². The number of anilines is 1. The molecule has 0 saturated heterocycles. The molecule has 1 aromatic heterocycles. The first-order valence-corrected chi connectivity index (χ1v) is 7.09. The normalized spacial score (nSPS) is 11.5. The quantitative estimate of drug-likeness (QED) is 0.858. The summed E-state index contributed by atoms with van der Waals surface area (Å²) in [6.45, 7) is -3.24. The van der Waals surface area contributed by atoms with Gasteiger partial charge in [0, 0.05) is 6.07 Å². The topological polar surface area (TPSA) is 101 Å². The first-order valence-electron chi connectivity index (χ1n) is 5.61. The molecule has 2 aromatic rings. The Kier molecular flexibility index (Phi) is 4.35. The Hall–Kier alpha value is -2.56. The predicted octanol–water partition coefficient (Wildman–Crippen LogP) is 1.31. The summed E-state index contributed by atoms with van der Waals surface area (Å²) in [5.74, 6) is -2.25. The molecule has 0 atom stereocenters. The van der Waals surface area contributed by atoms with Gasteiger partial charge in [-0.3, -0.25) is 9.52 Å². The van der Waals surface area contributed by atoms with Crippen LogP contribution in [0.1, 0.15) is 0 Å². The number of H-pyrrole nitrogens is 1. The molecular formula is C11H8F3N3O4S. The van der Waals surface area contributed by atoms with Gasteiger partial charge in [-0.15, -0.1) is 0 Å². The van der Waals surface area contributed by atoms with Crippen LogP contribution in [-0.4, -0.2) is 25.2 Å². The van der Waals surface area contributed by atoms with Crippen LogP contribution in [0.3, 0.4) is 0 Å². The van der Waals surface area contributed by atoms with E-state index in [2.05, 4.69) is 9.84 Å². The number of benzene rings is 1. The first-order chi connectivity index (χ1) is 10.3. The van der Waals surface area contributed by atoms with Crippen LogP contribution in [-0.2, 0) is 10.0 Å². The van der Waals surface area contributed by atoms with Crippen molar-refractivity contribution in [1.29, 1.82) is 0 Å². The van der Waals surface area contributed by atoms with Crippen molar-refractivity contribution in [1.82, 2.24) is 10.2 Å². The molecule has 2 N–H and O–H groups in total. The largest absolute Gasteiger partial charge is 0.432 e. The highest BCUT2D eigenvalue weighted by molar-refractivity contribution is 7.92. The molecule has 0 amide bonds. The minimum Gasteiger partial charge on any atom is -0.432 e. The molecule has 0 spiro atoms. The summed E-state index contributed by atoms with van der Waals surface area (Å²) in [6, 6.07) is 4.29. The summed E-state index contributed by atoms with van der Waals surface area (Å²) < 4.78 is 67.3. The molecule has 0 aliphatic heterocycles. The van der Waals surface area contributed by atoms with Crippen molar-refractivity contribution in [3.63, 3.8) is 0 Å². The average molecular weight is 335 g/mol. The molecule has 0 fully saturated rings. The maximum absolute atomic E-state index is 13.5. The number of rotatable bonds is 5. The lowest BCUT2D eigenvalue weighted by molar-refractivity contribution is -0.0522. The standard InChI is InChI=1S/C11H8F3N3O4S/c12-7-5-6(1-2-8(7)21-11(13)14)22(19,20)17-9-3-4-10(18)16-15-9/h1-5,11H,(H,15,17)(H,16,18). The van der Waals surface area contributed by atoms with Gasteiger partial charge in [0.1, 0.15) is 0 Å². The summed E-state index contributed by atoms with van der Waals surface area (Å²) >= 11 is 0. The molecule has 0 saturated carbocycles. The Balaban J connectivity index is 2.27. The van der Waals surface area contributed by atoms with E-state index in [1.807, 2.05) is 9.82 Å². The van der Waals surface area contributed by atoms with Gasteiger partial charge in [0.2, 0.25) is 0 Å². The number of ether oxygens (including phenoxy) is 1. The minimum absolute atomic E-state index is 0.201. The van der Waals surface area contributed by atoms with Gasteiger partial charge < -0.3 is 4.74 Å². The molecule has 11 heteroatoms. The van der Waals surface area contributed by atoms with Gasteiger partial charge >= 0.3 is 6.61 Å². The lowest BCUT2D eigenvalue weighted by Crippen LogP contribution is -2.16. The number of sulfonamides is 1. The average Bonchev–Trinajstić information content (AvgIpc) is 2.43. The maximum Gasteiger partial charge on any atom is 0.387 e. The fourth-order valence-electron chi connectivity index (χ4n) is 1.44. The molecule has 0 aliphatic rings. The summed E-state index contributed by atoms with van der Waals surface area (Å²) in [5.41, 5.74) is -0.539. The SMILES string of the molecule is O=c1ccc(NS(=O)(=O)c2ccc(OC(F)F)c(F)c2)n[nH]1. The fraction of sp³-hybridized carbons (Fsp3) is 0.0909. The van der Waals surface area contributed by atoms with Crippen molar-refractivity contribution >= 4 is 15.8 Å². The van der Waals surface area contributed by atoms with E-state index in [-0.39, 0.29) is 5.82 Å². The van der Waals surface area contributed by atoms with Crippen LogP contribution in [0.4, 0.5) is 19.0 Å². The highest BCUT2D eigenvalue weighted by Gasteiger charge is 2.19. The summed E-state index contributed by atoms with van der Waals surface area (Å²) in [7, 11) is -4.21. The molecule has 22 heavy (non-hydrogen) atoms. The molecule has 7 nitrogen and oxygen atoms in total. The van der Waals surface area contributed by atoms with E-state index >= 15 is 0 Å². The van der Waals surface area contributed by atoms with Gasteiger partial charge in [0.25, 0.3) is 15.6 Å². The summed E-state index contributed by atoms with van der Waals surface area (Å²) in [4.78, 5) is 10.3.